The van der Waals surface area contributed by atoms with Crippen LogP contribution in [0.3, 0.4) is 0 Å². The van der Waals surface area contributed by atoms with Gasteiger partial charge in [-0.15, -0.1) is 0 Å². The molecule has 0 amide bonds. The Bertz CT molecular complexity index is 132. The summed E-state index contributed by atoms with van der Waals surface area (Å²) >= 11 is 2.09. The quantitative estimate of drug-likeness (QED) is 0.645. The second-order valence-corrected chi connectivity index (χ2v) is 6.13. The molecule has 92 valence electrons. The van der Waals surface area contributed by atoms with Crippen LogP contribution in [-0.4, -0.2) is 23.6 Å². The molecule has 0 saturated heterocycles. The van der Waals surface area contributed by atoms with Gasteiger partial charge < -0.3 is 5.32 Å². The van der Waals surface area contributed by atoms with Gasteiger partial charge in [-0.3, -0.25) is 0 Å². The molecule has 0 aromatic heterocycles. The standard InChI is InChI=1S/C13H29NS/c1-6-9-14-13(10-15-11(4)5)12(7-2)8-3/h11-14H,6-10H2,1-5H3. The largest absolute Gasteiger partial charge is 0.313 e. The van der Waals surface area contributed by atoms with Crippen LogP contribution in [0.4, 0.5) is 0 Å². The Balaban J connectivity index is 4.03. The van der Waals surface area contributed by atoms with Crippen LogP contribution < -0.4 is 5.32 Å². The smallest absolute Gasteiger partial charge is 0.0186 e. The van der Waals surface area contributed by atoms with Gasteiger partial charge in [0.1, 0.15) is 0 Å². The third-order valence-electron chi connectivity index (χ3n) is 2.88. The molecule has 0 bridgehead atoms. The van der Waals surface area contributed by atoms with Crippen molar-refractivity contribution in [1.82, 2.24) is 5.32 Å². The molecule has 2 heteroatoms. The lowest BCUT2D eigenvalue weighted by molar-refractivity contribution is 0.359. The zero-order valence-corrected chi connectivity index (χ0v) is 12.0. The van der Waals surface area contributed by atoms with Crippen molar-refractivity contribution >= 4 is 11.8 Å². The molecule has 15 heavy (non-hydrogen) atoms. The van der Waals surface area contributed by atoms with E-state index >= 15 is 0 Å². The van der Waals surface area contributed by atoms with Crippen LogP contribution in [0.1, 0.15) is 53.9 Å². The first-order chi connectivity index (χ1) is 7.15. The molecule has 0 aromatic carbocycles. The predicted octanol–water partition coefficient (Wildman–Crippen LogP) is 3.93. The Morgan fingerprint density at radius 1 is 1.07 bits per heavy atom. The van der Waals surface area contributed by atoms with Crippen LogP contribution in [0.2, 0.25) is 0 Å². The summed E-state index contributed by atoms with van der Waals surface area (Å²) in [4.78, 5) is 0. The van der Waals surface area contributed by atoms with Crippen molar-refractivity contribution < 1.29 is 0 Å². The number of rotatable bonds is 9. The van der Waals surface area contributed by atoms with Gasteiger partial charge in [-0.05, 0) is 24.1 Å². The van der Waals surface area contributed by atoms with Gasteiger partial charge in [0.15, 0.2) is 0 Å². The summed E-state index contributed by atoms with van der Waals surface area (Å²) in [7, 11) is 0. The first-order valence-corrected chi connectivity index (χ1v) is 7.55. The van der Waals surface area contributed by atoms with Crippen LogP contribution in [0.25, 0.3) is 0 Å². The molecule has 0 aliphatic rings. The third-order valence-corrected chi connectivity index (χ3v) is 4.10. The molecule has 0 fully saturated rings. The molecular formula is C13H29NS. The van der Waals surface area contributed by atoms with Crippen molar-refractivity contribution in [2.45, 2.75) is 65.2 Å². The summed E-state index contributed by atoms with van der Waals surface area (Å²) in [5.74, 6) is 2.12. The average molecular weight is 231 g/mol. The molecule has 0 rings (SSSR count). The van der Waals surface area contributed by atoms with Gasteiger partial charge >= 0.3 is 0 Å². The van der Waals surface area contributed by atoms with E-state index in [4.69, 9.17) is 0 Å². The van der Waals surface area contributed by atoms with Gasteiger partial charge in [-0.25, -0.2) is 0 Å². The zero-order chi connectivity index (χ0) is 11.7. The van der Waals surface area contributed by atoms with Crippen molar-refractivity contribution in [3.63, 3.8) is 0 Å². The molecule has 1 N–H and O–H groups in total. The Labute approximate surface area is 101 Å². The number of hydrogen-bond acceptors (Lipinski definition) is 2. The zero-order valence-electron chi connectivity index (χ0n) is 11.2. The molecule has 0 spiro atoms. The summed E-state index contributed by atoms with van der Waals surface area (Å²) in [5, 5.41) is 4.46. The molecule has 1 nitrogen and oxygen atoms in total. The lowest BCUT2D eigenvalue weighted by Crippen LogP contribution is -2.38. The first-order valence-electron chi connectivity index (χ1n) is 6.50. The van der Waals surface area contributed by atoms with Crippen molar-refractivity contribution in [3.8, 4) is 0 Å². The summed E-state index contributed by atoms with van der Waals surface area (Å²) < 4.78 is 0. The van der Waals surface area contributed by atoms with E-state index in [1.807, 2.05) is 0 Å². The van der Waals surface area contributed by atoms with Gasteiger partial charge in [0.2, 0.25) is 0 Å². The molecule has 0 aromatic rings. The van der Waals surface area contributed by atoms with Crippen LogP contribution in [0.15, 0.2) is 0 Å². The van der Waals surface area contributed by atoms with Gasteiger partial charge in [0.25, 0.3) is 0 Å². The highest BCUT2D eigenvalue weighted by Gasteiger charge is 2.17. The van der Waals surface area contributed by atoms with E-state index in [9.17, 15) is 0 Å². The summed E-state index contributed by atoms with van der Waals surface area (Å²) in [6, 6.07) is 0.715. The Morgan fingerprint density at radius 3 is 2.07 bits per heavy atom. The van der Waals surface area contributed by atoms with E-state index in [-0.39, 0.29) is 0 Å². The van der Waals surface area contributed by atoms with Crippen LogP contribution >= 0.6 is 11.8 Å². The highest BCUT2D eigenvalue weighted by molar-refractivity contribution is 7.99. The topological polar surface area (TPSA) is 12.0 Å². The molecule has 0 heterocycles. The molecule has 1 unspecified atom stereocenters. The predicted molar refractivity (Wildman–Crippen MR) is 73.7 cm³/mol. The van der Waals surface area contributed by atoms with Gasteiger partial charge in [-0.2, -0.15) is 11.8 Å². The minimum Gasteiger partial charge on any atom is -0.313 e. The minimum absolute atomic E-state index is 0.715. The SMILES string of the molecule is CCCNC(CSC(C)C)C(CC)CC. The number of thioether (sulfide) groups is 1. The Morgan fingerprint density at radius 2 is 1.67 bits per heavy atom. The summed E-state index contributed by atoms with van der Waals surface area (Å²) in [6.45, 7) is 12.6. The van der Waals surface area contributed by atoms with Crippen molar-refractivity contribution in [2.75, 3.05) is 12.3 Å². The maximum absolute atomic E-state index is 3.71. The minimum atomic E-state index is 0.715. The van der Waals surface area contributed by atoms with Crippen molar-refractivity contribution in [3.05, 3.63) is 0 Å². The van der Waals surface area contributed by atoms with E-state index in [1.165, 1.54) is 31.6 Å². The molecule has 0 saturated carbocycles. The highest BCUT2D eigenvalue weighted by Crippen LogP contribution is 2.19. The van der Waals surface area contributed by atoms with E-state index < -0.39 is 0 Å². The van der Waals surface area contributed by atoms with Gasteiger partial charge in [0, 0.05) is 11.8 Å². The average Bonchev–Trinajstić information content (AvgIpc) is 2.22. The van der Waals surface area contributed by atoms with E-state index in [0.29, 0.717) is 6.04 Å². The second-order valence-electron chi connectivity index (χ2n) is 4.52. The molecule has 0 aliphatic heterocycles. The number of nitrogens with one attached hydrogen (secondary N) is 1. The summed E-state index contributed by atoms with van der Waals surface area (Å²) in [6.07, 6.45) is 3.84. The van der Waals surface area contributed by atoms with Crippen LogP contribution in [-0.2, 0) is 0 Å². The van der Waals surface area contributed by atoms with Crippen LogP contribution in [0.5, 0.6) is 0 Å². The molecule has 1 atom stereocenters. The Kier molecular flexibility index (Phi) is 9.73. The fraction of sp³-hybridized carbons (Fsp3) is 1.00. The highest BCUT2D eigenvalue weighted by atomic mass is 32.2. The maximum Gasteiger partial charge on any atom is 0.0186 e. The molecule has 0 radical (unpaired) electrons. The summed E-state index contributed by atoms with van der Waals surface area (Å²) in [5.41, 5.74) is 0. The van der Waals surface area contributed by atoms with Gasteiger partial charge in [0.05, 0.1) is 0 Å². The fourth-order valence-corrected chi connectivity index (χ4v) is 2.83. The van der Waals surface area contributed by atoms with E-state index in [2.05, 4.69) is 51.7 Å². The maximum atomic E-state index is 3.71. The Hall–Kier alpha value is 0.310. The number of hydrogen-bond donors (Lipinski definition) is 1. The third kappa shape index (κ3) is 7.24. The lowest BCUT2D eigenvalue weighted by atomic mass is 9.95. The fourth-order valence-electron chi connectivity index (χ4n) is 1.85. The molecule has 0 aliphatic carbocycles. The second kappa shape index (κ2) is 9.53. The lowest BCUT2D eigenvalue weighted by Gasteiger charge is -2.27. The monoisotopic (exact) mass is 231 g/mol. The normalized spacial score (nSPS) is 13.8. The van der Waals surface area contributed by atoms with Crippen LogP contribution in [0, 0.1) is 5.92 Å². The molecular weight excluding hydrogens is 202 g/mol. The van der Waals surface area contributed by atoms with E-state index in [1.54, 1.807) is 0 Å². The van der Waals surface area contributed by atoms with Crippen molar-refractivity contribution in [1.29, 1.82) is 0 Å². The van der Waals surface area contributed by atoms with Crippen molar-refractivity contribution in [2.24, 2.45) is 5.92 Å². The van der Waals surface area contributed by atoms with Gasteiger partial charge in [-0.1, -0.05) is 47.5 Å². The van der Waals surface area contributed by atoms with E-state index in [0.717, 1.165) is 11.2 Å². The first kappa shape index (κ1) is 15.3.